The number of imidazole rings is 1. The smallest absolute Gasteiger partial charge is 0.0952 e. The molecule has 0 fully saturated rings. The Hall–Kier alpha value is -1.61. The predicted octanol–water partition coefficient (Wildman–Crippen LogP) is 3.06. The minimum absolute atomic E-state index is 0.475. The van der Waals surface area contributed by atoms with Gasteiger partial charge in [0.15, 0.2) is 0 Å². The molecule has 1 unspecified atom stereocenters. The van der Waals surface area contributed by atoms with Gasteiger partial charge in [0.05, 0.1) is 17.7 Å². The van der Waals surface area contributed by atoms with E-state index in [-0.39, 0.29) is 0 Å². The van der Waals surface area contributed by atoms with Crippen molar-refractivity contribution >= 4 is 0 Å². The molecule has 1 atom stereocenters. The van der Waals surface area contributed by atoms with Crippen LogP contribution in [-0.2, 0) is 13.6 Å². The van der Waals surface area contributed by atoms with E-state index in [4.69, 9.17) is 5.73 Å². The molecule has 2 N–H and O–H groups in total. The number of hydrogen-bond acceptors (Lipinski definition) is 2. The summed E-state index contributed by atoms with van der Waals surface area (Å²) in [6, 6.07) is 8.74. The molecule has 1 aromatic heterocycles. The molecule has 3 heteroatoms. The minimum Gasteiger partial charge on any atom is -0.333 e. The van der Waals surface area contributed by atoms with Crippen LogP contribution in [0.2, 0.25) is 0 Å². The average molecular weight is 243 g/mol. The number of aromatic nitrogens is 2. The zero-order chi connectivity index (χ0) is 13.1. The molecular formula is C15H21N3. The Morgan fingerprint density at radius 2 is 1.94 bits per heavy atom. The number of aryl methyl sites for hydroxylation is 1. The highest BCUT2D eigenvalue weighted by molar-refractivity contribution is 5.63. The van der Waals surface area contributed by atoms with Crippen molar-refractivity contribution in [3.8, 4) is 11.3 Å². The lowest BCUT2D eigenvalue weighted by Crippen LogP contribution is -2.01. The highest BCUT2D eigenvalue weighted by Gasteiger charge is 2.10. The Morgan fingerprint density at radius 3 is 2.50 bits per heavy atom. The molecule has 3 nitrogen and oxygen atoms in total. The Bertz CT molecular complexity index is 511. The van der Waals surface area contributed by atoms with E-state index in [1.807, 2.05) is 17.9 Å². The van der Waals surface area contributed by atoms with Crippen molar-refractivity contribution in [2.75, 3.05) is 0 Å². The van der Waals surface area contributed by atoms with Gasteiger partial charge in [-0.3, -0.25) is 0 Å². The maximum Gasteiger partial charge on any atom is 0.0952 e. The molecule has 0 bridgehead atoms. The average Bonchev–Trinajstić information content (AvgIpc) is 2.79. The van der Waals surface area contributed by atoms with Gasteiger partial charge in [0.25, 0.3) is 0 Å². The van der Waals surface area contributed by atoms with Crippen LogP contribution in [0.5, 0.6) is 0 Å². The van der Waals surface area contributed by atoms with Gasteiger partial charge >= 0.3 is 0 Å². The van der Waals surface area contributed by atoms with Gasteiger partial charge in [-0.25, -0.2) is 4.98 Å². The lowest BCUT2D eigenvalue weighted by Gasteiger charge is -2.11. The third kappa shape index (κ3) is 2.31. The largest absolute Gasteiger partial charge is 0.333 e. The topological polar surface area (TPSA) is 43.8 Å². The van der Waals surface area contributed by atoms with E-state index in [2.05, 4.69) is 43.1 Å². The van der Waals surface area contributed by atoms with Crippen LogP contribution in [0, 0.1) is 0 Å². The lowest BCUT2D eigenvalue weighted by molar-refractivity contribution is 0.733. The molecule has 18 heavy (non-hydrogen) atoms. The van der Waals surface area contributed by atoms with Gasteiger partial charge in [-0.1, -0.05) is 38.1 Å². The van der Waals surface area contributed by atoms with Gasteiger partial charge in [-0.15, -0.1) is 0 Å². The summed E-state index contributed by atoms with van der Waals surface area (Å²) in [5.41, 5.74) is 10.4. The van der Waals surface area contributed by atoms with Crippen molar-refractivity contribution in [2.24, 2.45) is 12.8 Å². The summed E-state index contributed by atoms with van der Waals surface area (Å²) in [7, 11) is 2.00. The third-order valence-electron chi connectivity index (χ3n) is 3.57. The standard InChI is InChI=1S/C15H21N3/c1-4-11(2)12-5-7-13(8-6-12)15-14(9-16)17-10-18(15)3/h5-8,10-11H,4,9,16H2,1-3H3. The highest BCUT2D eigenvalue weighted by atomic mass is 15.0. The van der Waals surface area contributed by atoms with Crippen molar-refractivity contribution in [1.29, 1.82) is 0 Å². The maximum atomic E-state index is 5.73. The fourth-order valence-electron chi connectivity index (χ4n) is 2.20. The molecule has 0 amide bonds. The van der Waals surface area contributed by atoms with Gasteiger partial charge in [-0.05, 0) is 17.9 Å². The van der Waals surface area contributed by atoms with Gasteiger partial charge in [0.1, 0.15) is 0 Å². The Labute approximate surface area is 109 Å². The second-order valence-corrected chi connectivity index (χ2v) is 4.79. The van der Waals surface area contributed by atoms with Gasteiger partial charge in [0.2, 0.25) is 0 Å². The number of benzene rings is 1. The normalized spacial score (nSPS) is 12.7. The summed E-state index contributed by atoms with van der Waals surface area (Å²) in [6.07, 6.45) is 2.99. The van der Waals surface area contributed by atoms with Crippen molar-refractivity contribution in [3.05, 3.63) is 41.9 Å². The zero-order valence-corrected chi connectivity index (χ0v) is 11.4. The monoisotopic (exact) mass is 243 g/mol. The molecule has 2 aromatic rings. The number of nitrogens with two attached hydrogens (primary N) is 1. The van der Waals surface area contributed by atoms with Crippen LogP contribution in [0.1, 0.15) is 37.4 Å². The van der Waals surface area contributed by atoms with E-state index in [9.17, 15) is 0 Å². The van der Waals surface area contributed by atoms with E-state index < -0.39 is 0 Å². The molecule has 96 valence electrons. The molecule has 1 heterocycles. The number of nitrogens with zero attached hydrogens (tertiary/aromatic N) is 2. The van der Waals surface area contributed by atoms with Crippen LogP contribution in [-0.4, -0.2) is 9.55 Å². The molecule has 1 aromatic carbocycles. The Balaban J connectivity index is 2.37. The Morgan fingerprint density at radius 1 is 1.28 bits per heavy atom. The molecular weight excluding hydrogens is 222 g/mol. The fourth-order valence-corrected chi connectivity index (χ4v) is 2.20. The van der Waals surface area contributed by atoms with Crippen molar-refractivity contribution in [2.45, 2.75) is 32.7 Å². The third-order valence-corrected chi connectivity index (χ3v) is 3.57. The summed E-state index contributed by atoms with van der Waals surface area (Å²) >= 11 is 0. The second-order valence-electron chi connectivity index (χ2n) is 4.79. The van der Waals surface area contributed by atoms with Crippen molar-refractivity contribution < 1.29 is 0 Å². The first-order valence-corrected chi connectivity index (χ1v) is 6.48. The van der Waals surface area contributed by atoms with E-state index in [0.29, 0.717) is 12.5 Å². The van der Waals surface area contributed by atoms with Crippen LogP contribution < -0.4 is 5.73 Å². The van der Waals surface area contributed by atoms with Crippen molar-refractivity contribution in [3.63, 3.8) is 0 Å². The van der Waals surface area contributed by atoms with Crippen LogP contribution in [0.3, 0.4) is 0 Å². The van der Waals surface area contributed by atoms with Crippen LogP contribution >= 0.6 is 0 Å². The maximum absolute atomic E-state index is 5.73. The molecule has 0 aliphatic rings. The quantitative estimate of drug-likeness (QED) is 0.897. The van der Waals surface area contributed by atoms with E-state index in [1.165, 1.54) is 17.5 Å². The Kier molecular flexibility index (Phi) is 3.82. The molecule has 0 aliphatic carbocycles. The molecule has 0 aliphatic heterocycles. The molecule has 0 radical (unpaired) electrons. The molecule has 0 saturated heterocycles. The van der Waals surface area contributed by atoms with Gasteiger partial charge in [-0.2, -0.15) is 0 Å². The first-order chi connectivity index (χ1) is 8.67. The van der Waals surface area contributed by atoms with Crippen LogP contribution in [0.15, 0.2) is 30.6 Å². The van der Waals surface area contributed by atoms with Crippen LogP contribution in [0.4, 0.5) is 0 Å². The minimum atomic E-state index is 0.475. The van der Waals surface area contributed by atoms with E-state index >= 15 is 0 Å². The molecule has 0 spiro atoms. The lowest BCUT2D eigenvalue weighted by atomic mass is 9.97. The molecule has 2 rings (SSSR count). The van der Waals surface area contributed by atoms with Crippen LogP contribution in [0.25, 0.3) is 11.3 Å². The van der Waals surface area contributed by atoms with Gasteiger partial charge in [0, 0.05) is 19.2 Å². The van der Waals surface area contributed by atoms with Gasteiger partial charge < -0.3 is 10.3 Å². The summed E-state index contributed by atoms with van der Waals surface area (Å²) in [4.78, 5) is 4.32. The summed E-state index contributed by atoms with van der Waals surface area (Å²) in [5, 5.41) is 0. The second kappa shape index (κ2) is 5.36. The predicted molar refractivity (Wildman–Crippen MR) is 75.2 cm³/mol. The summed E-state index contributed by atoms with van der Waals surface area (Å²) < 4.78 is 2.03. The first kappa shape index (κ1) is 12.8. The van der Waals surface area contributed by atoms with Crippen molar-refractivity contribution in [1.82, 2.24) is 9.55 Å². The number of hydrogen-bond donors (Lipinski definition) is 1. The number of rotatable bonds is 4. The zero-order valence-electron chi connectivity index (χ0n) is 11.4. The molecule has 0 saturated carbocycles. The summed E-state index contributed by atoms with van der Waals surface area (Å²) in [5.74, 6) is 0.611. The SMILES string of the molecule is CCC(C)c1ccc(-c2c(CN)ncn2C)cc1. The van der Waals surface area contributed by atoms with E-state index in [1.54, 1.807) is 0 Å². The first-order valence-electron chi connectivity index (χ1n) is 6.48. The summed E-state index contributed by atoms with van der Waals surface area (Å²) in [6.45, 7) is 4.94. The highest BCUT2D eigenvalue weighted by Crippen LogP contribution is 2.25. The fraction of sp³-hybridized carbons (Fsp3) is 0.400. The van der Waals surface area contributed by atoms with E-state index in [0.717, 1.165) is 11.4 Å².